The smallest absolute Gasteiger partial charge is 0.0534 e. The van der Waals surface area contributed by atoms with Crippen molar-refractivity contribution >= 4 is 0 Å². The lowest BCUT2D eigenvalue weighted by molar-refractivity contribution is -0.0160. The molecule has 0 radical (unpaired) electrons. The van der Waals surface area contributed by atoms with E-state index in [1.54, 1.807) is 0 Å². The topological polar surface area (TPSA) is 21.3 Å². The Bertz CT molecular complexity index is 201. The molecule has 1 rings (SSSR count). The van der Waals surface area contributed by atoms with Crippen molar-refractivity contribution in [2.24, 2.45) is 5.41 Å². The maximum Gasteiger partial charge on any atom is 0.0534 e. The van der Waals surface area contributed by atoms with Crippen molar-refractivity contribution in [2.45, 2.75) is 71.8 Å². The van der Waals surface area contributed by atoms with E-state index < -0.39 is 0 Å². The van der Waals surface area contributed by atoms with Crippen LogP contribution >= 0.6 is 0 Å². The van der Waals surface area contributed by atoms with E-state index in [9.17, 15) is 0 Å². The van der Waals surface area contributed by atoms with E-state index in [0.717, 1.165) is 19.8 Å². The maximum absolute atomic E-state index is 5.74. The highest BCUT2D eigenvalue weighted by Gasteiger charge is 2.33. The van der Waals surface area contributed by atoms with Crippen molar-refractivity contribution in [3.8, 4) is 0 Å². The van der Waals surface area contributed by atoms with Crippen LogP contribution in [0.25, 0.3) is 0 Å². The number of unbranched alkanes of at least 4 members (excludes halogenated alkanes) is 2. The van der Waals surface area contributed by atoms with E-state index in [0.29, 0.717) is 5.41 Å². The summed E-state index contributed by atoms with van der Waals surface area (Å²) in [5.74, 6) is 0. The third-order valence-electron chi connectivity index (χ3n) is 3.71. The number of hydrogen-bond donors (Lipinski definition) is 1. The molecule has 1 fully saturated rings. The van der Waals surface area contributed by atoms with Crippen LogP contribution in [0.15, 0.2) is 0 Å². The monoisotopic (exact) mass is 241 g/mol. The summed E-state index contributed by atoms with van der Waals surface area (Å²) in [6, 6.07) is 0. The first-order valence-corrected chi connectivity index (χ1v) is 7.30. The van der Waals surface area contributed by atoms with E-state index in [1.807, 2.05) is 0 Å². The molecular weight excluding hydrogens is 210 g/mol. The molecule has 0 aromatic heterocycles. The molecule has 1 aliphatic heterocycles. The minimum atomic E-state index is 0.217. The van der Waals surface area contributed by atoms with Crippen LogP contribution in [0.3, 0.4) is 0 Å². The largest absolute Gasteiger partial charge is 0.381 e. The first kappa shape index (κ1) is 15.0. The molecule has 1 heterocycles. The predicted molar refractivity (Wildman–Crippen MR) is 74.4 cm³/mol. The van der Waals surface area contributed by atoms with Gasteiger partial charge >= 0.3 is 0 Å². The number of ether oxygens (including phenoxy) is 1. The van der Waals surface area contributed by atoms with Gasteiger partial charge in [0, 0.05) is 24.1 Å². The van der Waals surface area contributed by atoms with Gasteiger partial charge in [0.05, 0.1) is 6.61 Å². The zero-order valence-corrected chi connectivity index (χ0v) is 12.3. The van der Waals surface area contributed by atoms with Crippen LogP contribution in [-0.2, 0) is 4.74 Å². The molecule has 17 heavy (non-hydrogen) atoms. The number of nitrogens with one attached hydrogen (secondary N) is 1. The molecule has 1 aliphatic rings. The van der Waals surface area contributed by atoms with Gasteiger partial charge in [-0.25, -0.2) is 0 Å². The van der Waals surface area contributed by atoms with Crippen LogP contribution in [0.1, 0.15) is 66.2 Å². The predicted octanol–water partition coefficient (Wildman–Crippen LogP) is 3.75. The highest BCUT2D eigenvalue weighted by atomic mass is 16.5. The van der Waals surface area contributed by atoms with Crippen molar-refractivity contribution in [3.05, 3.63) is 0 Å². The summed E-state index contributed by atoms with van der Waals surface area (Å²) in [4.78, 5) is 0. The van der Waals surface area contributed by atoms with E-state index in [2.05, 4.69) is 33.0 Å². The summed E-state index contributed by atoms with van der Waals surface area (Å²) in [6.45, 7) is 12.0. The third-order valence-corrected chi connectivity index (χ3v) is 3.71. The van der Waals surface area contributed by atoms with Crippen molar-refractivity contribution in [3.63, 3.8) is 0 Å². The van der Waals surface area contributed by atoms with Crippen LogP contribution in [0.5, 0.6) is 0 Å². The van der Waals surface area contributed by atoms with Crippen LogP contribution in [0.2, 0.25) is 0 Å². The van der Waals surface area contributed by atoms with Gasteiger partial charge in [-0.05, 0) is 40.0 Å². The van der Waals surface area contributed by atoms with Crippen LogP contribution in [0.4, 0.5) is 0 Å². The first-order valence-electron chi connectivity index (χ1n) is 7.30. The lowest BCUT2D eigenvalue weighted by Crippen LogP contribution is -2.47. The van der Waals surface area contributed by atoms with Gasteiger partial charge in [-0.15, -0.1) is 0 Å². The molecule has 0 saturated carbocycles. The fraction of sp³-hybridized carbons (Fsp3) is 1.00. The second-order valence-corrected chi connectivity index (χ2v) is 6.72. The average Bonchev–Trinajstić information content (AvgIpc) is 2.28. The lowest BCUT2D eigenvalue weighted by Gasteiger charge is -2.39. The summed E-state index contributed by atoms with van der Waals surface area (Å²) >= 11 is 0. The van der Waals surface area contributed by atoms with E-state index in [1.165, 1.54) is 38.5 Å². The molecule has 0 aromatic carbocycles. The molecule has 2 nitrogen and oxygen atoms in total. The summed E-state index contributed by atoms with van der Waals surface area (Å²) in [7, 11) is 0. The molecular formula is C15H31NO. The Kier molecular flexibility index (Phi) is 5.94. The molecule has 1 unspecified atom stereocenters. The zero-order chi connectivity index (χ0) is 12.8. The van der Waals surface area contributed by atoms with Gasteiger partial charge in [-0.1, -0.05) is 26.2 Å². The van der Waals surface area contributed by atoms with Gasteiger partial charge in [-0.2, -0.15) is 0 Å². The minimum Gasteiger partial charge on any atom is -0.381 e. The minimum absolute atomic E-state index is 0.217. The van der Waals surface area contributed by atoms with E-state index in [-0.39, 0.29) is 5.54 Å². The Labute approximate surface area is 108 Å². The molecule has 0 amide bonds. The highest BCUT2D eigenvalue weighted by molar-refractivity contribution is 4.86. The molecule has 2 heteroatoms. The van der Waals surface area contributed by atoms with E-state index >= 15 is 0 Å². The lowest BCUT2D eigenvalue weighted by atomic mass is 9.77. The molecule has 1 N–H and O–H groups in total. The number of hydrogen-bond acceptors (Lipinski definition) is 2. The van der Waals surface area contributed by atoms with Gasteiger partial charge in [0.2, 0.25) is 0 Å². The fourth-order valence-corrected chi connectivity index (χ4v) is 2.54. The first-order chi connectivity index (χ1) is 7.97. The van der Waals surface area contributed by atoms with Gasteiger partial charge < -0.3 is 10.1 Å². The van der Waals surface area contributed by atoms with Gasteiger partial charge in [0.25, 0.3) is 0 Å². The summed E-state index contributed by atoms with van der Waals surface area (Å²) in [5.41, 5.74) is 0.621. The van der Waals surface area contributed by atoms with Crippen molar-refractivity contribution in [1.82, 2.24) is 5.32 Å². The molecule has 0 bridgehead atoms. The maximum atomic E-state index is 5.74. The molecule has 0 aromatic rings. The number of rotatable bonds is 6. The van der Waals surface area contributed by atoms with Crippen LogP contribution in [0, 0.1) is 5.41 Å². The second-order valence-electron chi connectivity index (χ2n) is 6.72. The fourth-order valence-electron chi connectivity index (χ4n) is 2.54. The van der Waals surface area contributed by atoms with Gasteiger partial charge in [-0.3, -0.25) is 0 Å². The Hall–Kier alpha value is -0.0800. The summed E-state index contributed by atoms with van der Waals surface area (Å²) in [5, 5.41) is 3.68. The highest BCUT2D eigenvalue weighted by Crippen LogP contribution is 2.34. The van der Waals surface area contributed by atoms with Crippen LogP contribution in [-0.4, -0.2) is 25.3 Å². The Balaban J connectivity index is 2.46. The summed E-state index contributed by atoms with van der Waals surface area (Å²) in [6.07, 6.45) is 7.91. The quantitative estimate of drug-likeness (QED) is 0.715. The van der Waals surface area contributed by atoms with Gasteiger partial charge in [0.1, 0.15) is 0 Å². The van der Waals surface area contributed by atoms with Gasteiger partial charge in [0.15, 0.2) is 0 Å². The molecule has 0 aliphatic carbocycles. The van der Waals surface area contributed by atoms with Crippen molar-refractivity contribution in [1.29, 1.82) is 0 Å². The van der Waals surface area contributed by atoms with Crippen LogP contribution < -0.4 is 5.32 Å². The van der Waals surface area contributed by atoms with Crippen molar-refractivity contribution in [2.75, 3.05) is 19.8 Å². The molecule has 0 spiro atoms. The Morgan fingerprint density at radius 1 is 1.24 bits per heavy atom. The van der Waals surface area contributed by atoms with E-state index in [4.69, 9.17) is 4.74 Å². The molecule has 1 saturated heterocycles. The SMILES string of the molecule is CCCCCC1(CNC(C)(C)C)CCCOC1. The second kappa shape index (κ2) is 6.75. The average molecular weight is 241 g/mol. The Morgan fingerprint density at radius 3 is 2.53 bits per heavy atom. The third kappa shape index (κ3) is 5.87. The molecule has 102 valence electrons. The molecule has 1 atom stereocenters. The Morgan fingerprint density at radius 2 is 2.00 bits per heavy atom. The zero-order valence-electron chi connectivity index (χ0n) is 12.3. The van der Waals surface area contributed by atoms with Crippen molar-refractivity contribution < 1.29 is 4.74 Å². The normalized spacial score (nSPS) is 26.1. The standard InChI is InChI=1S/C15H31NO/c1-5-6-7-9-15(10-8-11-17-13-15)12-16-14(2,3)4/h16H,5-13H2,1-4H3. The summed E-state index contributed by atoms with van der Waals surface area (Å²) < 4.78 is 5.74.